The average molecular weight is 418 g/mol. The summed E-state index contributed by atoms with van der Waals surface area (Å²) in [6, 6.07) is 8.54. The highest BCUT2D eigenvalue weighted by Crippen LogP contribution is 2.23. The van der Waals surface area contributed by atoms with Crippen LogP contribution in [0.1, 0.15) is 9.75 Å². The molecule has 1 N–H and O–H groups in total. The molecule has 0 aromatic carbocycles. The lowest BCUT2D eigenvalue weighted by Crippen LogP contribution is -2.15. The largest absolute Gasteiger partial charge is 0.311 e. The van der Waals surface area contributed by atoms with E-state index in [9.17, 15) is 0 Å². The van der Waals surface area contributed by atoms with Gasteiger partial charge in [-0.2, -0.15) is 0 Å². The molecule has 1 nitrogen and oxygen atoms in total. The van der Waals surface area contributed by atoms with Crippen LogP contribution in [0, 0.1) is 0 Å². The third-order valence-corrected chi connectivity index (χ3v) is 5.41. The molecule has 0 bridgehead atoms. The molecule has 0 aliphatic rings. The maximum atomic E-state index is 3.48. The fraction of sp³-hybridized carbons (Fsp3) is 0.273. The van der Waals surface area contributed by atoms with Gasteiger partial charge in [0.1, 0.15) is 0 Å². The maximum Gasteiger partial charge on any atom is 0.0701 e. The van der Waals surface area contributed by atoms with Crippen LogP contribution in [0.5, 0.6) is 0 Å². The molecular weight excluding hydrogens is 406 g/mol. The fourth-order valence-corrected chi connectivity index (χ4v) is 4.29. The highest BCUT2D eigenvalue weighted by molar-refractivity contribution is 9.11. The molecule has 94 valence electrons. The number of halogens is 3. The lowest BCUT2D eigenvalue weighted by molar-refractivity contribution is 0.697. The summed E-state index contributed by atoms with van der Waals surface area (Å²) in [7, 11) is 0. The Hall–Kier alpha value is 0.610. The fourth-order valence-electron chi connectivity index (χ4n) is 1.36. The molecule has 2 rings (SSSR count). The van der Waals surface area contributed by atoms with Crippen LogP contribution in [0.25, 0.3) is 0 Å². The summed E-state index contributed by atoms with van der Waals surface area (Å²) < 4.78 is 2.41. The Kier molecular flexibility index (Phi) is 7.30. The summed E-state index contributed by atoms with van der Waals surface area (Å²) in [6.45, 7) is 1.99. The predicted molar refractivity (Wildman–Crippen MR) is 86.7 cm³/mol. The summed E-state index contributed by atoms with van der Waals surface area (Å²) in [5.41, 5.74) is 0. The van der Waals surface area contributed by atoms with Crippen molar-refractivity contribution in [2.45, 2.75) is 13.0 Å². The zero-order valence-corrected chi connectivity index (χ0v) is 14.5. The van der Waals surface area contributed by atoms with Crippen LogP contribution in [-0.2, 0) is 13.0 Å². The Bertz CT molecular complexity index is 414. The first kappa shape index (κ1) is 15.7. The van der Waals surface area contributed by atoms with Gasteiger partial charge in [0.05, 0.1) is 7.57 Å². The topological polar surface area (TPSA) is 12.0 Å². The van der Waals surface area contributed by atoms with Crippen molar-refractivity contribution >= 4 is 66.9 Å². The molecule has 2 aromatic rings. The van der Waals surface area contributed by atoms with Crippen molar-refractivity contribution in [1.82, 2.24) is 5.32 Å². The molecule has 0 atom stereocenters. The standard InChI is InChI=1S/C11H11Br2NS2.ClH/c12-10-3-1-8(15-10)5-6-14-7-9-2-4-11(13)16-9;/h1-4,14H,5-7H2;1H. The second-order valence-corrected chi connectivity index (χ2v) is 8.43. The molecule has 6 heteroatoms. The van der Waals surface area contributed by atoms with Crippen LogP contribution in [0.2, 0.25) is 0 Å². The molecule has 2 aromatic heterocycles. The van der Waals surface area contributed by atoms with E-state index in [1.807, 2.05) is 11.3 Å². The summed E-state index contributed by atoms with van der Waals surface area (Å²) in [5.74, 6) is 0. The number of thiophene rings is 2. The van der Waals surface area contributed by atoms with Crippen molar-refractivity contribution in [2.24, 2.45) is 0 Å². The van der Waals surface area contributed by atoms with E-state index in [0.717, 1.165) is 19.5 Å². The predicted octanol–water partition coefficient (Wildman–Crippen LogP) is 5.09. The van der Waals surface area contributed by atoms with Crippen molar-refractivity contribution in [3.63, 3.8) is 0 Å². The van der Waals surface area contributed by atoms with Crippen molar-refractivity contribution in [3.8, 4) is 0 Å². The van der Waals surface area contributed by atoms with Crippen LogP contribution in [0.4, 0.5) is 0 Å². The van der Waals surface area contributed by atoms with Gasteiger partial charge in [-0.05, 0) is 62.5 Å². The normalized spacial score (nSPS) is 10.2. The first-order valence-corrected chi connectivity index (χ1v) is 8.15. The van der Waals surface area contributed by atoms with Crippen LogP contribution in [-0.4, -0.2) is 6.54 Å². The first-order chi connectivity index (χ1) is 7.74. The molecular formula is C11H12Br2ClNS2. The van der Waals surface area contributed by atoms with E-state index in [1.165, 1.54) is 17.3 Å². The Morgan fingerprint density at radius 2 is 1.53 bits per heavy atom. The molecule has 0 amide bonds. The van der Waals surface area contributed by atoms with Crippen molar-refractivity contribution < 1.29 is 0 Å². The Balaban J connectivity index is 0.00000144. The zero-order chi connectivity index (χ0) is 11.4. The van der Waals surface area contributed by atoms with E-state index in [4.69, 9.17) is 0 Å². The number of hydrogen-bond acceptors (Lipinski definition) is 3. The van der Waals surface area contributed by atoms with E-state index >= 15 is 0 Å². The van der Waals surface area contributed by atoms with Gasteiger partial charge in [-0.25, -0.2) is 0 Å². The second-order valence-electron chi connectivity index (χ2n) is 3.34. The van der Waals surface area contributed by atoms with Crippen molar-refractivity contribution in [2.75, 3.05) is 6.54 Å². The summed E-state index contributed by atoms with van der Waals surface area (Å²) in [4.78, 5) is 2.80. The van der Waals surface area contributed by atoms with Crippen LogP contribution >= 0.6 is 66.9 Å². The highest BCUT2D eigenvalue weighted by atomic mass is 79.9. The molecule has 0 radical (unpaired) electrons. The molecule has 17 heavy (non-hydrogen) atoms. The average Bonchev–Trinajstić information content (AvgIpc) is 2.83. The number of nitrogens with one attached hydrogen (secondary N) is 1. The molecule has 0 saturated heterocycles. The van der Waals surface area contributed by atoms with Gasteiger partial charge in [0, 0.05) is 22.8 Å². The summed E-state index contributed by atoms with van der Waals surface area (Å²) in [5, 5.41) is 3.45. The monoisotopic (exact) mass is 415 g/mol. The van der Waals surface area contributed by atoms with Crippen molar-refractivity contribution in [1.29, 1.82) is 0 Å². The van der Waals surface area contributed by atoms with E-state index in [-0.39, 0.29) is 12.4 Å². The van der Waals surface area contributed by atoms with E-state index < -0.39 is 0 Å². The summed E-state index contributed by atoms with van der Waals surface area (Å²) >= 11 is 10.5. The van der Waals surface area contributed by atoms with Gasteiger partial charge in [0.25, 0.3) is 0 Å². The van der Waals surface area contributed by atoms with Crippen LogP contribution in [0.3, 0.4) is 0 Å². The van der Waals surface area contributed by atoms with Gasteiger partial charge < -0.3 is 5.32 Å². The van der Waals surface area contributed by atoms with Crippen molar-refractivity contribution in [3.05, 3.63) is 41.6 Å². The smallest absolute Gasteiger partial charge is 0.0701 e. The molecule has 0 saturated carbocycles. The number of rotatable bonds is 5. The minimum absolute atomic E-state index is 0. The summed E-state index contributed by atoms with van der Waals surface area (Å²) in [6.07, 6.45) is 1.10. The molecule has 2 heterocycles. The Labute approximate surface area is 132 Å². The first-order valence-electron chi connectivity index (χ1n) is 4.93. The molecule has 0 spiro atoms. The van der Waals surface area contributed by atoms with Crippen LogP contribution in [0.15, 0.2) is 31.8 Å². The van der Waals surface area contributed by atoms with Gasteiger partial charge in [-0.1, -0.05) is 0 Å². The molecule has 0 fully saturated rings. The van der Waals surface area contributed by atoms with Gasteiger partial charge in [-0.3, -0.25) is 0 Å². The minimum atomic E-state index is 0. The molecule has 0 aliphatic carbocycles. The lowest BCUT2D eigenvalue weighted by atomic mass is 10.3. The van der Waals surface area contributed by atoms with Gasteiger partial charge in [0.15, 0.2) is 0 Å². The molecule has 0 unspecified atom stereocenters. The third-order valence-electron chi connectivity index (χ3n) is 2.11. The Morgan fingerprint density at radius 3 is 2.06 bits per heavy atom. The van der Waals surface area contributed by atoms with Gasteiger partial charge >= 0.3 is 0 Å². The van der Waals surface area contributed by atoms with E-state index in [0.29, 0.717) is 0 Å². The SMILES string of the molecule is Brc1ccc(CCNCc2ccc(Br)s2)s1.Cl. The maximum absolute atomic E-state index is 3.48. The molecule has 0 aliphatic heterocycles. The minimum Gasteiger partial charge on any atom is -0.311 e. The quantitative estimate of drug-likeness (QED) is 0.668. The third kappa shape index (κ3) is 5.41. The van der Waals surface area contributed by atoms with Gasteiger partial charge in [-0.15, -0.1) is 35.1 Å². The number of hydrogen-bond donors (Lipinski definition) is 1. The van der Waals surface area contributed by atoms with E-state index in [1.54, 1.807) is 11.3 Å². The lowest BCUT2D eigenvalue weighted by Gasteiger charge is -2.00. The zero-order valence-electron chi connectivity index (χ0n) is 8.91. The van der Waals surface area contributed by atoms with E-state index in [2.05, 4.69) is 61.4 Å². The van der Waals surface area contributed by atoms with Crippen LogP contribution < -0.4 is 5.32 Å². The second kappa shape index (κ2) is 7.92. The Morgan fingerprint density at radius 1 is 0.941 bits per heavy atom. The van der Waals surface area contributed by atoms with Gasteiger partial charge in [0.2, 0.25) is 0 Å². The highest BCUT2D eigenvalue weighted by Gasteiger charge is 1.99.